The molecule has 5 heteroatoms. The van der Waals surface area contributed by atoms with E-state index in [-0.39, 0.29) is 11.8 Å². The first-order valence-electron chi connectivity index (χ1n) is 7.25. The first-order valence-corrected chi connectivity index (χ1v) is 7.25. The Morgan fingerprint density at radius 3 is 2.29 bits per heavy atom. The van der Waals surface area contributed by atoms with Crippen LogP contribution in [0.2, 0.25) is 0 Å². The summed E-state index contributed by atoms with van der Waals surface area (Å²) in [5.41, 5.74) is 0.910. The van der Waals surface area contributed by atoms with Crippen molar-refractivity contribution in [2.75, 3.05) is 23.7 Å². The van der Waals surface area contributed by atoms with Crippen LogP contribution in [0.5, 0.6) is 0 Å². The van der Waals surface area contributed by atoms with E-state index < -0.39 is 5.41 Å². The fourth-order valence-electron chi connectivity index (χ4n) is 1.60. The first-order chi connectivity index (χ1) is 9.82. The van der Waals surface area contributed by atoms with Gasteiger partial charge in [0, 0.05) is 29.8 Å². The van der Waals surface area contributed by atoms with E-state index in [2.05, 4.69) is 16.0 Å². The fourth-order valence-corrected chi connectivity index (χ4v) is 1.60. The summed E-state index contributed by atoms with van der Waals surface area (Å²) in [7, 11) is 0. The molecular weight excluding hydrogens is 266 g/mol. The number of carbonyl (C=O) groups is 2. The van der Waals surface area contributed by atoms with E-state index in [1.807, 2.05) is 27.7 Å². The zero-order chi connectivity index (χ0) is 15.9. The van der Waals surface area contributed by atoms with Gasteiger partial charge in [0.25, 0.3) is 0 Å². The van der Waals surface area contributed by atoms with Gasteiger partial charge in [0.2, 0.25) is 11.8 Å². The molecule has 21 heavy (non-hydrogen) atoms. The third kappa shape index (κ3) is 6.40. The van der Waals surface area contributed by atoms with Crippen LogP contribution >= 0.6 is 0 Å². The molecule has 0 radical (unpaired) electrons. The predicted octanol–water partition coefficient (Wildman–Crippen LogP) is 2.61. The molecule has 5 nitrogen and oxygen atoms in total. The fraction of sp³-hybridized carbons (Fsp3) is 0.500. The molecule has 0 bridgehead atoms. The Hall–Kier alpha value is -1.88. The van der Waals surface area contributed by atoms with Crippen molar-refractivity contribution in [3.8, 4) is 0 Å². The highest BCUT2D eigenvalue weighted by Gasteiger charge is 2.21. The molecule has 1 aromatic rings. The normalized spacial score (nSPS) is 11.0. The lowest BCUT2D eigenvalue weighted by molar-refractivity contribution is -0.123. The summed E-state index contributed by atoms with van der Waals surface area (Å²) in [5.74, 6) is -0.103. The van der Waals surface area contributed by atoms with E-state index >= 15 is 0 Å². The number of amides is 2. The van der Waals surface area contributed by atoms with Gasteiger partial charge in [0.1, 0.15) is 0 Å². The van der Waals surface area contributed by atoms with Crippen molar-refractivity contribution in [2.24, 2.45) is 5.41 Å². The number of hydrogen-bond donors (Lipinski definition) is 3. The molecule has 0 aliphatic heterocycles. The minimum atomic E-state index is -0.453. The van der Waals surface area contributed by atoms with E-state index in [9.17, 15) is 9.59 Å². The first kappa shape index (κ1) is 17.2. The largest absolute Gasteiger partial charge is 0.326 e. The van der Waals surface area contributed by atoms with Crippen LogP contribution in [0.25, 0.3) is 0 Å². The van der Waals surface area contributed by atoms with Crippen LogP contribution in [0.15, 0.2) is 24.3 Å². The van der Waals surface area contributed by atoms with E-state index in [1.165, 1.54) is 0 Å². The molecule has 116 valence electrons. The van der Waals surface area contributed by atoms with Crippen LogP contribution in [-0.2, 0) is 9.59 Å². The molecule has 2 amide bonds. The molecule has 0 aliphatic carbocycles. The lowest BCUT2D eigenvalue weighted by atomic mass is 9.95. The summed E-state index contributed by atoms with van der Waals surface area (Å²) in [4.78, 5) is 23.7. The van der Waals surface area contributed by atoms with Crippen molar-refractivity contribution in [1.82, 2.24) is 5.32 Å². The molecule has 0 fully saturated rings. The van der Waals surface area contributed by atoms with Gasteiger partial charge in [0.05, 0.1) is 0 Å². The highest BCUT2D eigenvalue weighted by molar-refractivity contribution is 5.96. The van der Waals surface area contributed by atoms with E-state index in [4.69, 9.17) is 0 Å². The monoisotopic (exact) mass is 291 g/mol. The summed E-state index contributed by atoms with van der Waals surface area (Å²) >= 11 is 0. The molecule has 0 unspecified atom stereocenters. The van der Waals surface area contributed by atoms with Gasteiger partial charge in [-0.1, -0.05) is 33.8 Å². The second kappa shape index (κ2) is 7.78. The lowest BCUT2D eigenvalue weighted by Crippen LogP contribution is -2.27. The number of carbonyl (C=O) groups excluding carboxylic acids is 2. The van der Waals surface area contributed by atoms with Gasteiger partial charge in [-0.3, -0.25) is 9.59 Å². The standard InChI is InChI=1S/C16H25N3O2/c1-5-17-10-9-14(20)18-12-7-6-8-13(11-12)19-15(21)16(2,3)4/h6-8,11,17H,5,9-10H2,1-4H3,(H,18,20)(H,19,21). The molecule has 1 aromatic carbocycles. The van der Waals surface area contributed by atoms with Crippen molar-refractivity contribution in [3.05, 3.63) is 24.3 Å². The SMILES string of the molecule is CCNCCC(=O)Nc1cccc(NC(=O)C(C)(C)C)c1. The van der Waals surface area contributed by atoms with Crippen LogP contribution in [0.3, 0.4) is 0 Å². The summed E-state index contributed by atoms with van der Waals surface area (Å²) in [6.07, 6.45) is 0.423. The van der Waals surface area contributed by atoms with E-state index in [0.717, 1.165) is 6.54 Å². The van der Waals surface area contributed by atoms with Crippen LogP contribution in [0.1, 0.15) is 34.1 Å². The van der Waals surface area contributed by atoms with Gasteiger partial charge in [0.15, 0.2) is 0 Å². The van der Waals surface area contributed by atoms with Gasteiger partial charge >= 0.3 is 0 Å². The quantitative estimate of drug-likeness (QED) is 0.706. The molecule has 0 aromatic heterocycles. The summed E-state index contributed by atoms with van der Waals surface area (Å²) in [5, 5.41) is 8.77. The van der Waals surface area contributed by atoms with Gasteiger partial charge in [-0.05, 0) is 24.7 Å². The maximum Gasteiger partial charge on any atom is 0.229 e. The summed E-state index contributed by atoms with van der Waals surface area (Å²) < 4.78 is 0. The Morgan fingerprint density at radius 2 is 1.71 bits per heavy atom. The molecule has 3 N–H and O–H groups in total. The molecule has 0 atom stereocenters. The van der Waals surface area contributed by atoms with Crippen LogP contribution < -0.4 is 16.0 Å². The van der Waals surface area contributed by atoms with Gasteiger partial charge in [-0.2, -0.15) is 0 Å². The second-order valence-corrected chi connectivity index (χ2v) is 5.94. The van der Waals surface area contributed by atoms with Gasteiger partial charge in [-0.25, -0.2) is 0 Å². The molecule has 0 heterocycles. The number of benzene rings is 1. The minimum Gasteiger partial charge on any atom is -0.326 e. The van der Waals surface area contributed by atoms with Crippen molar-refractivity contribution < 1.29 is 9.59 Å². The van der Waals surface area contributed by atoms with E-state index in [1.54, 1.807) is 24.3 Å². The van der Waals surface area contributed by atoms with Crippen molar-refractivity contribution >= 4 is 23.2 Å². The second-order valence-electron chi connectivity index (χ2n) is 5.94. The zero-order valence-electron chi connectivity index (χ0n) is 13.2. The number of nitrogens with one attached hydrogen (secondary N) is 3. The maximum absolute atomic E-state index is 11.9. The number of anilines is 2. The van der Waals surface area contributed by atoms with Crippen LogP contribution in [0, 0.1) is 5.41 Å². The average molecular weight is 291 g/mol. The maximum atomic E-state index is 11.9. The molecular formula is C16H25N3O2. The smallest absolute Gasteiger partial charge is 0.229 e. The Labute approximate surface area is 126 Å². The van der Waals surface area contributed by atoms with Crippen molar-refractivity contribution in [3.63, 3.8) is 0 Å². The van der Waals surface area contributed by atoms with E-state index in [0.29, 0.717) is 24.3 Å². The molecule has 0 saturated carbocycles. The number of hydrogen-bond acceptors (Lipinski definition) is 3. The van der Waals surface area contributed by atoms with Crippen LogP contribution in [0.4, 0.5) is 11.4 Å². The molecule has 0 saturated heterocycles. The Kier molecular flexibility index (Phi) is 6.37. The predicted molar refractivity (Wildman–Crippen MR) is 86.3 cm³/mol. The van der Waals surface area contributed by atoms with Gasteiger partial charge in [-0.15, -0.1) is 0 Å². The third-order valence-electron chi connectivity index (χ3n) is 2.86. The Morgan fingerprint density at radius 1 is 1.10 bits per heavy atom. The molecule has 0 spiro atoms. The van der Waals surface area contributed by atoms with Crippen molar-refractivity contribution in [2.45, 2.75) is 34.1 Å². The Balaban J connectivity index is 2.60. The highest BCUT2D eigenvalue weighted by atomic mass is 16.2. The topological polar surface area (TPSA) is 70.2 Å². The lowest BCUT2D eigenvalue weighted by Gasteiger charge is -2.18. The van der Waals surface area contributed by atoms with Crippen LogP contribution in [-0.4, -0.2) is 24.9 Å². The molecule has 1 rings (SSSR count). The highest BCUT2D eigenvalue weighted by Crippen LogP contribution is 2.20. The average Bonchev–Trinajstić information content (AvgIpc) is 2.38. The van der Waals surface area contributed by atoms with Gasteiger partial charge < -0.3 is 16.0 Å². The Bertz CT molecular complexity index is 493. The summed E-state index contributed by atoms with van der Waals surface area (Å²) in [6.45, 7) is 9.07. The summed E-state index contributed by atoms with van der Waals surface area (Å²) in [6, 6.07) is 7.17. The van der Waals surface area contributed by atoms with Crippen molar-refractivity contribution in [1.29, 1.82) is 0 Å². The number of rotatable bonds is 6. The zero-order valence-corrected chi connectivity index (χ0v) is 13.2. The minimum absolute atomic E-state index is 0.0461. The third-order valence-corrected chi connectivity index (χ3v) is 2.86. The molecule has 0 aliphatic rings.